The molecule has 0 aliphatic heterocycles. The van der Waals surface area contributed by atoms with Crippen molar-refractivity contribution < 1.29 is 20.1 Å². The van der Waals surface area contributed by atoms with Crippen molar-refractivity contribution in [2.24, 2.45) is 0 Å². The summed E-state index contributed by atoms with van der Waals surface area (Å²) in [6, 6.07) is 13.9. The quantitative estimate of drug-likeness (QED) is 0.796. The Bertz CT molecular complexity index is 764. The lowest BCUT2D eigenvalue weighted by Crippen LogP contribution is -2.43. The molecule has 0 aromatic heterocycles. The summed E-state index contributed by atoms with van der Waals surface area (Å²) < 4.78 is 0. The summed E-state index contributed by atoms with van der Waals surface area (Å²) in [4.78, 5) is 11.9. The van der Waals surface area contributed by atoms with Gasteiger partial charge in [0.05, 0.1) is 0 Å². The molecular weight excluding hydrogens is 280 g/mol. The predicted molar refractivity (Wildman–Crippen MR) is 82.5 cm³/mol. The van der Waals surface area contributed by atoms with Crippen molar-refractivity contribution in [3.05, 3.63) is 76.9 Å². The molecular formula is C18H16O4. The van der Waals surface area contributed by atoms with Gasteiger partial charge in [0, 0.05) is 17.0 Å². The molecule has 22 heavy (non-hydrogen) atoms. The second-order valence-electron chi connectivity index (χ2n) is 5.56. The number of aliphatic hydroxyl groups excluding tert-OH is 1. The molecule has 0 radical (unpaired) electrons. The molecule has 0 spiro atoms. The fourth-order valence-corrected chi connectivity index (χ4v) is 2.98. The molecule has 2 unspecified atom stereocenters. The van der Waals surface area contributed by atoms with Gasteiger partial charge in [-0.3, -0.25) is 0 Å². The van der Waals surface area contributed by atoms with Crippen molar-refractivity contribution in [2.75, 3.05) is 0 Å². The van der Waals surface area contributed by atoms with E-state index in [0.717, 1.165) is 5.56 Å². The molecule has 1 aliphatic carbocycles. The molecule has 3 N–H and O–H groups in total. The Morgan fingerprint density at radius 2 is 1.82 bits per heavy atom. The van der Waals surface area contributed by atoms with Gasteiger partial charge in [0.15, 0.2) is 5.60 Å². The number of fused-ring (bicyclic) bond motifs is 1. The number of hydrogen-bond donors (Lipinski definition) is 3. The fourth-order valence-electron chi connectivity index (χ4n) is 2.98. The first-order chi connectivity index (χ1) is 10.4. The average Bonchev–Trinajstić information content (AvgIpc) is 2.51. The van der Waals surface area contributed by atoms with E-state index in [1.807, 2.05) is 13.0 Å². The van der Waals surface area contributed by atoms with Crippen LogP contribution in [0.2, 0.25) is 0 Å². The minimum Gasteiger partial charge on any atom is -0.508 e. The van der Waals surface area contributed by atoms with Crippen LogP contribution in [-0.2, 0) is 10.4 Å². The monoisotopic (exact) mass is 296 g/mol. The van der Waals surface area contributed by atoms with E-state index in [2.05, 4.69) is 0 Å². The number of benzene rings is 2. The maximum absolute atomic E-state index is 11.9. The normalized spacial score (nSPS) is 23.5. The molecule has 0 heterocycles. The van der Waals surface area contributed by atoms with E-state index < -0.39 is 17.5 Å². The number of carboxylic acids is 1. The van der Waals surface area contributed by atoms with Crippen molar-refractivity contribution in [1.82, 2.24) is 0 Å². The molecule has 0 amide bonds. The van der Waals surface area contributed by atoms with Gasteiger partial charge in [-0.15, -0.1) is 0 Å². The number of hydrogen-bond acceptors (Lipinski definition) is 3. The SMILES string of the molecule is Cc1ccc2c(c1)C(O)(C(=O)O)C(c1ccccc1)C=C2O. The van der Waals surface area contributed by atoms with Crippen molar-refractivity contribution in [3.8, 4) is 0 Å². The molecule has 0 fully saturated rings. The van der Waals surface area contributed by atoms with Crippen LogP contribution in [-0.4, -0.2) is 21.3 Å². The lowest BCUT2D eigenvalue weighted by Gasteiger charge is -2.36. The van der Waals surface area contributed by atoms with Gasteiger partial charge in [-0.2, -0.15) is 0 Å². The molecule has 0 saturated heterocycles. The number of aliphatic carboxylic acids is 1. The summed E-state index contributed by atoms with van der Waals surface area (Å²) >= 11 is 0. The van der Waals surface area contributed by atoms with E-state index in [-0.39, 0.29) is 11.3 Å². The first kappa shape index (κ1) is 14.4. The minimum atomic E-state index is -2.12. The van der Waals surface area contributed by atoms with Gasteiger partial charge in [-0.1, -0.05) is 54.1 Å². The first-order valence-electron chi connectivity index (χ1n) is 6.97. The summed E-state index contributed by atoms with van der Waals surface area (Å²) in [6.45, 7) is 1.81. The van der Waals surface area contributed by atoms with Gasteiger partial charge in [0.2, 0.25) is 0 Å². The minimum absolute atomic E-state index is 0.0187. The largest absolute Gasteiger partial charge is 0.508 e. The Hall–Kier alpha value is -2.59. The number of carbonyl (C=O) groups is 1. The molecule has 3 rings (SSSR count). The molecule has 4 heteroatoms. The van der Waals surface area contributed by atoms with Crippen LogP contribution in [0.15, 0.2) is 54.6 Å². The number of rotatable bonds is 2. The van der Waals surface area contributed by atoms with Gasteiger partial charge in [0.25, 0.3) is 0 Å². The molecule has 2 aromatic carbocycles. The summed E-state index contributed by atoms with van der Waals surface area (Å²) in [7, 11) is 0. The molecule has 112 valence electrons. The summed E-state index contributed by atoms with van der Waals surface area (Å²) in [6.07, 6.45) is 1.40. The van der Waals surface area contributed by atoms with Crippen LogP contribution < -0.4 is 0 Å². The van der Waals surface area contributed by atoms with Crippen LogP contribution in [0.4, 0.5) is 0 Å². The van der Waals surface area contributed by atoms with Gasteiger partial charge in [-0.25, -0.2) is 4.79 Å². The Kier molecular flexibility index (Phi) is 3.26. The average molecular weight is 296 g/mol. The zero-order valence-corrected chi connectivity index (χ0v) is 12.0. The van der Waals surface area contributed by atoms with E-state index in [1.54, 1.807) is 42.5 Å². The van der Waals surface area contributed by atoms with E-state index in [0.29, 0.717) is 11.1 Å². The summed E-state index contributed by atoms with van der Waals surface area (Å²) in [5.74, 6) is -2.22. The third-order valence-electron chi connectivity index (χ3n) is 4.12. The summed E-state index contributed by atoms with van der Waals surface area (Å²) in [5.41, 5.74) is -0.0999. The molecule has 2 atom stereocenters. The van der Waals surface area contributed by atoms with Crippen LogP contribution in [0.25, 0.3) is 5.76 Å². The van der Waals surface area contributed by atoms with Crippen molar-refractivity contribution in [3.63, 3.8) is 0 Å². The summed E-state index contributed by atoms with van der Waals surface area (Å²) in [5, 5.41) is 30.9. The topological polar surface area (TPSA) is 77.8 Å². The van der Waals surface area contributed by atoms with Crippen LogP contribution in [0, 0.1) is 6.92 Å². The third kappa shape index (κ3) is 2.00. The lowest BCUT2D eigenvalue weighted by atomic mass is 9.71. The second kappa shape index (κ2) is 5.00. The Labute approximate surface area is 128 Å². The lowest BCUT2D eigenvalue weighted by molar-refractivity contribution is -0.161. The van der Waals surface area contributed by atoms with Crippen molar-refractivity contribution in [1.29, 1.82) is 0 Å². The van der Waals surface area contributed by atoms with E-state index >= 15 is 0 Å². The van der Waals surface area contributed by atoms with Gasteiger partial charge in [-0.05, 0) is 18.6 Å². The highest BCUT2D eigenvalue weighted by molar-refractivity contribution is 5.86. The van der Waals surface area contributed by atoms with Crippen molar-refractivity contribution >= 4 is 11.7 Å². The molecule has 2 aromatic rings. The first-order valence-corrected chi connectivity index (χ1v) is 6.97. The van der Waals surface area contributed by atoms with Crippen LogP contribution in [0.1, 0.15) is 28.2 Å². The zero-order valence-electron chi connectivity index (χ0n) is 12.0. The molecule has 0 saturated carbocycles. The Morgan fingerprint density at radius 1 is 1.14 bits per heavy atom. The van der Waals surface area contributed by atoms with E-state index in [4.69, 9.17) is 0 Å². The van der Waals surface area contributed by atoms with Crippen LogP contribution in [0.5, 0.6) is 0 Å². The highest BCUT2D eigenvalue weighted by Crippen LogP contribution is 2.46. The van der Waals surface area contributed by atoms with Gasteiger partial charge in [0.1, 0.15) is 5.76 Å². The van der Waals surface area contributed by atoms with Crippen molar-refractivity contribution in [2.45, 2.75) is 18.4 Å². The van der Waals surface area contributed by atoms with Gasteiger partial charge < -0.3 is 15.3 Å². The smallest absolute Gasteiger partial charge is 0.341 e. The van der Waals surface area contributed by atoms with Crippen LogP contribution >= 0.6 is 0 Å². The molecule has 4 nitrogen and oxygen atoms in total. The molecule has 0 bridgehead atoms. The highest BCUT2D eigenvalue weighted by atomic mass is 16.4. The van der Waals surface area contributed by atoms with Crippen LogP contribution in [0.3, 0.4) is 0 Å². The maximum Gasteiger partial charge on any atom is 0.341 e. The maximum atomic E-state index is 11.9. The zero-order chi connectivity index (χ0) is 15.9. The fraction of sp³-hybridized carbons (Fsp3) is 0.167. The highest BCUT2D eigenvalue weighted by Gasteiger charge is 2.50. The number of carboxylic acid groups (broad SMARTS) is 1. The Balaban J connectivity index is 2.29. The molecule has 1 aliphatic rings. The number of aryl methyl sites for hydroxylation is 1. The number of aliphatic hydroxyl groups is 2. The predicted octanol–water partition coefficient (Wildman–Crippen LogP) is 2.96. The Morgan fingerprint density at radius 3 is 2.45 bits per heavy atom. The van der Waals surface area contributed by atoms with Gasteiger partial charge >= 0.3 is 5.97 Å². The van der Waals surface area contributed by atoms with E-state index in [9.17, 15) is 20.1 Å². The third-order valence-corrected chi connectivity index (χ3v) is 4.12. The second-order valence-corrected chi connectivity index (χ2v) is 5.56. The standard InChI is InChI=1S/C18H16O4/c1-11-7-8-13-15(9-11)18(22,17(20)21)14(10-16(13)19)12-5-3-2-4-6-12/h2-10,14,19,22H,1H3,(H,20,21). The van der Waals surface area contributed by atoms with E-state index in [1.165, 1.54) is 6.08 Å².